The van der Waals surface area contributed by atoms with Gasteiger partial charge in [0.2, 0.25) is 0 Å². The van der Waals surface area contributed by atoms with Crippen molar-refractivity contribution in [3.63, 3.8) is 0 Å². The molecule has 0 aliphatic carbocycles. The molecule has 5 heteroatoms. The molecule has 0 amide bonds. The SMILES string of the molecule is CN1CCCC1CCNCc1cccc(OC2CCN(Cc3ccc4c(c3)c3ccccc3n4C)CC2)c1. The quantitative estimate of drug-likeness (QED) is 0.282. The largest absolute Gasteiger partial charge is 0.490 e. The number of para-hydroxylation sites is 1. The van der Waals surface area contributed by atoms with Crippen LogP contribution in [-0.2, 0) is 20.1 Å². The van der Waals surface area contributed by atoms with Crippen LogP contribution in [0.5, 0.6) is 5.75 Å². The molecule has 0 radical (unpaired) electrons. The van der Waals surface area contributed by atoms with Crippen molar-refractivity contribution in [1.82, 2.24) is 19.7 Å². The Hall–Kier alpha value is -2.86. The summed E-state index contributed by atoms with van der Waals surface area (Å²) in [7, 11) is 4.42. The summed E-state index contributed by atoms with van der Waals surface area (Å²) in [5.74, 6) is 1.01. The van der Waals surface area contributed by atoms with E-state index in [2.05, 4.69) is 101 Å². The molecular weight excluding hydrogens is 468 g/mol. The molecule has 6 rings (SSSR count). The third-order valence-corrected chi connectivity index (χ3v) is 8.77. The van der Waals surface area contributed by atoms with Crippen LogP contribution < -0.4 is 10.1 Å². The van der Waals surface area contributed by atoms with E-state index in [-0.39, 0.29) is 0 Å². The first-order valence-corrected chi connectivity index (χ1v) is 14.5. The Morgan fingerprint density at radius 2 is 1.66 bits per heavy atom. The number of benzene rings is 3. The number of hydrogen-bond acceptors (Lipinski definition) is 4. The molecule has 2 aliphatic rings. The van der Waals surface area contributed by atoms with Crippen molar-refractivity contribution in [2.24, 2.45) is 7.05 Å². The van der Waals surface area contributed by atoms with Gasteiger partial charge >= 0.3 is 0 Å². The van der Waals surface area contributed by atoms with Crippen LogP contribution in [0.2, 0.25) is 0 Å². The number of aryl methyl sites for hydroxylation is 1. The Morgan fingerprint density at radius 3 is 2.50 bits per heavy atom. The van der Waals surface area contributed by atoms with Crippen LogP contribution in [0.3, 0.4) is 0 Å². The summed E-state index contributed by atoms with van der Waals surface area (Å²) in [5, 5.41) is 6.35. The van der Waals surface area contributed by atoms with Crippen molar-refractivity contribution < 1.29 is 4.74 Å². The van der Waals surface area contributed by atoms with Crippen molar-refractivity contribution in [3.05, 3.63) is 77.9 Å². The van der Waals surface area contributed by atoms with Gasteiger partial charge in [-0.15, -0.1) is 0 Å². The van der Waals surface area contributed by atoms with E-state index < -0.39 is 0 Å². The van der Waals surface area contributed by atoms with Gasteiger partial charge in [-0.3, -0.25) is 4.90 Å². The molecule has 0 saturated carbocycles. The van der Waals surface area contributed by atoms with Crippen molar-refractivity contribution in [1.29, 1.82) is 0 Å². The Balaban J connectivity index is 0.985. The van der Waals surface area contributed by atoms with Gasteiger partial charge in [0.25, 0.3) is 0 Å². The summed E-state index contributed by atoms with van der Waals surface area (Å²) < 4.78 is 8.74. The summed E-state index contributed by atoms with van der Waals surface area (Å²) in [6.45, 7) is 6.40. The topological polar surface area (TPSA) is 32.7 Å². The first-order chi connectivity index (χ1) is 18.6. The van der Waals surface area contributed by atoms with E-state index in [1.54, 1.807) is 0 Å². The molecule has 4 aromatic rings. The fourth-order valence-corrected chi connectivity index (χ4v) is 6.52. The van der Waals surface area contributed by atoms with E-state index >= 15 is 0 Å². The average Bonchev–Trinajstić information content (AvgIpc) is 3.48. The average molecular weight is 511 g/mol. The molecule has 200 valence electrons. The molecule has 1 unspecified atom stereocenters. The van der Waals surface area contributed by atoms with E-state index in [1.807, 2.05) is 0 Å². The van der Waals surface area contributed by atoms with E-state index in [0.717, 1.165) is 57.4 Å². The van der Waals surface area contributed by atoms with Gasteiger partial charge in [-0.2, -0.15) is 0 Å². The highest BCUT2D eigenvalue weighted by Crippen LogP contribution is 2.29. The Morgan fingerprint density at radius 1 is 0.816 bits per heavy atom. The number of fused-ring (bicyclic) bond motifs is 3. The van der Waals surface area contributed by atoms with E-state index in [0.29, 0.717) is 6.10 Å². The molecule has 2 fully saturated rings. The molecule has 38 heavy (non-hydrogen) atoms. The minimum Gasteiger partial charge on any atom is -0.490 e. The molecule has 2 saturated heterocycles. The third kappa shape index (κ3) is 5.61. The molecule has 3 aromatic carbocycles. The fraction of sp³-hybridized carbons (Fsp3) is 0.455. The number of hydrogen-bond donors (Lipinski definition) is 1. The van der Waals surface area contributed by atoms with E-state index in [1.165, 1.54) is 58.7 Å². The number of rotatable bonds is 9. The predicted molar refractivity (Wildman–Crippen MR) is 158 cm³/mol. The number of nitrogens with one attached hydrogen (secondary N) is 1. The minimum absolute atomic E-state index is 0.299. The van der Waals surface area contributed by atoms with E-state index in [9.17, 15) is 0 Å². The maximum Gasteiger partial charge on any atom is 0.120 e. The van der Waals surface area contributed by atoms with Gasteiger partial charge in [-0.25, -0.2) is 0 Å². The van der Waals surface area contributed by atoms with Gasteiger partial charge in [0.1, 0.15) is 11.9 Å². The van der Waals surface area contributed by atoms with Crippen molar-refractivity contribution in [2.75, 3.05) is 33.2 Å². The monoisotopic (exact) mass is 510 g/mol. The standard InChI is InChI=1S/C33H42N4O/c1-35-18-6-8-27(35)14-17-34-23-25-7-5-9-29(21-25)38-28-15-19-37(20-16-28)24-26-12-13-33-31(22-26)30-10-3-4-11-32(30)36(33)2/h3-5,7,9-13,21-22,27-28,34H,6,8,14-20,23-24H2,1-2H3. The molecular formula is C33H42N4O. The second-order valence-electron chi connectivity index (χ2n) is 11.4. The summed E-state index contributed by atoms with van der Waals surface area (Å²) in [6.07, 6.45) is 6.39. The Bertz CT molecular complexity index is 1370. The van der Waals surface area contributed by atoms with Crippen LogP contribution in [-0.4, -0.2) is 59.7 Å². The number of nitrogens with zero attached hydrogens (tertiary/aromatic N) is 3. The summed E-state index contributed by atoms with van der Waals surface area (Å²) in [4.78, 5) is 5.08. The van der Waals surface area contributed by atoms with Crippen LogP contribution in [0, 0.1) is 0 Å². The zero-order valence-electron chi connectivity index (χ0n) is 23.0. The van der Waals surface area contributed by atoms with Gasteiger partial charge < -0.3 is 19.5 Å². The molecule has 1 atom stereocenters. The Labute approximate surface area is 227 Å². The fourth-order valence-electron chi connectivity index (χ4n) is 6.52. The normalized spacial score (nSPS) is 19.6. The Kier molecular flexibility index (Phi) is 7.68. The lowest BCUT2D eigenvalue weighted by Crippen LogP contribution is -2.37. The highest BCUT2D eigenvalue weighted by molar-refractivity contribution is 6.08. The van der Waals surface area contributed by atoms with Crippen LogP contribution in [0.4, 0.5) is 0 Å². The zero-order valence-corrected chi connectivity index (χ0v) is 23.0. The first kappa shape index (κ1) is 25.4. The number of piperidine rings is 1. The maximum absolute atomic E-state index is 6.44. The molecule has 3 heterocycles. The van der Waals surface area contributed by atoms with Crippen molar-refractivity contribution in [3.8, 4) is 5.75 Å². The number of ether oxygens (including phenoxy) is 1. The molecule has 0 spiro atoms. The molecule has 1 N–H and O–H groups in total. The van der Waals surface area contributed by atoms with Gasteiger partial charge in [0.15, 0.2) is 0 Å². The lowest BCUT2D eigenvalue weighted by molar-refractivity contribution is 0.0967. The molecule has 0 bridgehead atoms. The van der Waals surface area contributed by atoms with E-state index in [4.69, 9.17) is 4.74 Å². The lowest BCUT2D eigenvalue weighted by atomic mass is 10.1. The summed E-state index contributed by atoms with van der Waals surface area (Å²) in [6, 6.07) is 25.1. The summed E-state index contributed by atoms with van der Waals surface area (Å²) in [5.41, 5.74) is 5.31. The van der Waals surface area contributed by atoms with Gasteiger partial charge in [0, 0.05) is 61.1 Å². The third-order valence-electron chi connectivity index (χ3n) is 8.77. The highest BCUT2D eigenvalue weighted by atomic mass is 16.5. The van der Waals surface area contributed by atoms with Crippen molar-refractivity contribution in [2.45, 2.75) is 57.3 Å². The van der Waals surface area contributed by atoms with Crippen LogP contribution in [0.25, 0.3) is 21.8 Å². The summed E-state index contributed by atoms with van der Waals surface area (Å²) >= 11 is 0. The van der Waals surface area contributed by atoms with Crippen LogP contribution >= 0.6 is 0 Å². The number of likely N-dealkylation sites (tertiary alicyclic amines) is 2. The van der Waals surface area contributed by atoms with Crippen LogP contribution in [0.15, 0.2) is 66.7 Å². The lowest BCUT2D eigenvalue weighted by Gasteiger charge is -2.32. The number of aromatic nitrogens is 1. The van der Waals surface area contributed by atoms with Crippen LogP contribution in [0.1, 0.15) is 43.2 Å². The molecule has 5 nitrogen and oxygen atoms in total. The smallest absolute Gasteiger partial charge is 0.120 e. The first-order valence-electron chi connectivity index (χ1n) is 14.5. The van der Waals surface area contributed by atoms with Gasteiger partial charge in [0.05, 0.1) is 0 Å². The molecule has 2 aliphatic heterocycles. The highest BCUT2D eigenvalue weighted by Gasteiger charge is 2.22. The predicted octanol–water partition coefficient (Wildman–Crippen LogP) is 5.95. The van der Waals surface area contributed by atoms with Crippen molar-refractivity contribution >= 4 is 21.8 Å². The minimum atomic E-state index is 0.299. The van der Waals surface area contributed by atoms with Gasteiger partial charge in [-0.05, 0) is 93.7 Å². The second-order valence-corrected chi connectivity index (χ2v) is 11.4. The second kappa shape index (κ2) is 11.5. The molecule has 1 aromatic heterocycles. The van der Waals surface area contributed by atoms with Gasteiger partial charge in [-0.1, -0.05) is 36.4 Å². The maximum atomic E-state index is 6.44. The zero-order chi connectivity index (χ0) is 25.9.